The summed E-state index contributed by atoms with van der Waals surface area (Å²) in [6, 6.07) is 41.7. The number of benzene rings is 6. The number of phenolic OH excluding ortho intramolecular Hbond substituents is 3. The van der Waals surface area contributed by atoms with Crippen molar-refractivity contribution in [3.05, 3.63) is 150 Å². The number of hydrogen-bond donors (Lipinski definition) is 4. The number of esters is 5. The van der Waals surface area contributed by atoms with Gasteiger partial charge in [0.25, 0.3) is 0 Å². The van der Waals surface area contributed by atoms with Crippen molar-refractivity contribution in [1.82, 2.24) is 0 Å². The maximum Gasteiger partial charge on any atom is 0.313 e. The van der Waals surface area contributed by atoms with Gasteiger partial charge in [-0.1, -0.05) is 221 Å². The van der Waals surface area contributed by atoms with E-state index >= 15 is 0 Å². The molecule has 0 aliphatic carbocycles. The summed E-state index contributed by atoms with van der Waals surface area (Å²) in [4.78, 5) is 68.6. The standard InChI is InChI=1S/C21H22O2.C12H24O3.C12H16O2.C10H14O.C9H16O3.C9H18O3.C7H14O.C6H6O2.C3H8.C2H6/c1-4-21(2,3)20(22)23-14-19-17-11-7-5-9-15(17)13-16-10-6-8-12-18(16)19;1-6-8-9-14-10(3)15-11(13)12(4,5)7-2;1-3-10(2)12(13)14-9-11-7-5-4-6-8-11;1-3-8(2)9-4-6-10(11)7-5-9;1-4-9(2,3)8(10)12-6-7-5-11-7;1-5-9(3,4)8(11)12-6-7(2)10;1-5-7(3,4)6(2)8;7-5-2-1-3-6(8)4-5;1-3-2;1-2/h5-13H,4,14H2,1-3H3;10H,6-9H2,1-5H3;4-8,10H,3,9H2,1-2H3;4-8,11H,3H2,1-2H3;7H,4-6H2,1-3H3;7,10H,5-6H2,1-4H3;5H2,1-4H3;1-4,7-8H;3H2,1-2H3;1-2H3. The van der Waals surface area contributed by atoms with Crippen LogP contribution in [0.25, 0.3) is 21.5 Å². The second-order valence-electron chi connectivity index (χ2n) is 29.8. The number of rotatable bonds is 27. The summed E-state index contributed by atoms with van der Waals surface area (Å²) in [6.45, 7) is 55.1. The zero-order valence-electron chi connectivity index (χ0n) is 71.5. The van der Waals surface area contributed by atoms with Gasteiger partial charge in [0.05, 0.1) is 46.9 Å². The van der Waals surface area contributed by atoms with Gasteiger partial charge in [0.15, 0.2) is 6.29 Å². The third kappa shape index (κ3) is 45.2. The van der Waals surface area contributed by atoms with Crippen LogP contribution >= 0.6 is 0 Å². The monoisotopic (exact) mass is 1510 g/mol. The van der Waals surface area contributed by atoms with Gasteiger partial charge in [-0.05, 0) is 196 Å². The summed E-state index contributed by atoms with van der Waals surface area (Å²) in [5, 5.41) is 39.8. The number of unbranched alkanes of at least 4 members (excludes halogenated alkanes) is 1. The molecule has 6 aromatic carbocycles. The van der Waals surface area contributed by atoms with E-state index in [0.717, 1.165) is 86.3 Å². The topological polar surface area (TPSA) is 251 Å². The molecule has 1 aliphatic rings. The van der Waals surface area contributed by atoms with Crippen molar-refractivity contribution in [3.63, 3.8) is 0 Å². The van der Waals surface area contributed by atoms with E-state index in [-0.39, 0.29) is 76.6 Å². The van der Waals surface area contributed by atoms with Gasteiger partial charge in [0.1, 0.15) is 55.6 Å². The van der Waals surface area contributed by atoms with Crippen LogP contribution in [0.2, 0.25) is 0 Å². The molecular formula is C91H144O17. The number of ketones is 1. The molecule has 5 unspecified atom stereocenters. The second-order valence-corrected chi connectivity index (χ2v) is 29.8. The van der Waals surface area contributed by atoms with Gasteiger partial charge in [-0.15, -0.1) is 0 Å². The molecule has 0 saturated carbocycles. The van der Waals surface area contributed by atoms with Crippen molar-refractivity contribution in [3.8, 4) is 17.2 Å². The van der Waals surface area contributed by atoms with Crippen LogP contribution < -0.4 is 0 Å². The van der Waals surface area contributed by atoms with E-state index in [1.54, 1.807) is 39.0 Å². The molecule has 0 radical (unpaired) electrons. The van der Waals surface area contributed by atoms with Gasteiger partial charge in [0.2, 0.25) is 0 Å². The molecule has 6 aromatic rings. The van der Waals surface area contributed by atoms with E-state index in [4.69, 9.17) is 53.6 Å². The van der Waals surface area contributed by atoms with Crippen LogP contribution in [0.3, 0.4) is 0 Å². The van der Waals surface area contributed by atoms with Crippen molar-refractivity contribution < 1.29 is 82.4 Å². The molecule has 0 amide bonds. The summed E-state index contributed by atoms with van der Waals surface area (Å²) < 4.78 is 36.2. The Kier molecular flexibility index (Phi) is 54.5. The van der Waals surface area contributed by atoms with E-state index in [1.807, 2.05) is 198 Å². The molecule has 0 aromatic heterocycles. The lowest BCUT2D eigenvalue weighted by Crippen LogP contribution is -2.30. The number of phenols is 3. The Morgan fingerprint density at radius 1 is 0.491 bits per heavy atom. The Morgan fingerprint density at radius 2 is 0.917 bits per heavy atom. The predicted molar refractivity (Wildman–Crippen MR) is 442 cm³/mol. The Bertz CT molecular complexity index is 3300. The van der Waals surface area contributed by atoms with Crippen molar-refractivity contribution in [1.29, 1.82) is 0 Å². The highest BCUT2D eigenvalue weighted by atomic mass is 16.7. The minimum absolute atomic E-state index is 0.00119. The lowest BCUT2D eigenvalue weighted by atomic mass is 9.86. The Hall–Kier alpha value is -7.86. The van der Waals surface area contributed by atoms with Crippen LogP contribution in [0, 0.1) is 33.0 Å². The zero-order valence-corrected chi connectivity index (χ0v) is 71.5. The van der Waals surface area contributed by atoms with E-state index < -0.39 is 28.6 Å². The van der Waals surface area contributed by atoms with Crippen LogP contribution in [0.5, 0.6) is 17.2 Å². The summed E-state index contributed by atoms with van der Waals surface area (Å²) in [5.74, 6) is 0.579. The lowest BCUT2D eigenvalue weighted by Gasteiger charge is -2.23. The Balaban J connectivity index is -0.00000118. The highest BCUT2D eigenvalue weighted by Gasteiger charge is 2.32. The van der Waals surface area contributed by atoms with Crippen molar-refractivity contribution in [2.24, 2.45) is 33.0 Å². The minimum atomic E-state index is -0.582. The van der Waals surface area contributed by atoms with Crippen molar-refractivity contribution >= 4 is 57.2 Å². The Morgan fingerprint density at radius 3 is 1.30 bits per heavy atom. The van der Waals surface area contributed by atoms with Crippen molar-refractivity contribution in [2.75, 3.05) is 26.4 Å². The highest BCUT2D eigenvalue weighted by Crippen LogP contribution is 2.32. The first kappa shape index (κ1) is 104. The molecule has 17 nitrogen and oxygen atoms in total. The number of carbonyl (C=O) groups is 6. The van der Waals surface area contributed by atoms with Gasteiger partial charge in [-0.25, -0.2) is 0 Å². The van der Waals surface area contributed by atoms with E-state index in [2.05, 4.69) is 65.0 Å². The van der Waals surface area contributed by atoms with E-state index in [9.17, 15) is 28.8 Å². The molecule has 5 atom stereocenters. The van der Waals surface area contributed by atoms with E-state index in [1.165, 1.54) is 41.0 Å². The SMILES string of the molecule is CC.CCC.CCC(C)(C)C(=O)OCC(C)O.CCC(C)(C)C(=O)OCC1CO1.CCC(C)(C)C(=O)OCc1c2ccccc2cc2ccccc12.CCC(C)(C)C(C)=O.CCC(C)C(=O)OCc1ccccc1.CCC(C)c1ccc(O)cc1.CCCCOC(C)OC(=O)C(C)(C)CC.Oc1cccc(O)c1. The molecular weight excluding hydrogens is 1360 g/mol. The van der Waals surface area contributed by atoms with E-state index in [0.29, 0.717) is 38.1 Å². The molecule has 4 N–H and O–H groups in total. The van der Waals surface area contributed by atoms with Crippen LogP contribution in [0.15, 0.2) is 133 Å². The molecule has 1 aliphatic heterocycles. The average molecular weight is 1510 g/mol. The van der Waals surface area contributed by atoms with Crippen molar-refractivity contribution in [2.45, 2.75) is 289 Å². The minimum Gasteiger partial charge on any atom is -0.508 e. The first-order valence-corrected chi connectivity index (χ1v) is 39.1. The second kappa shape index (κ2) is 56.4. The molecule has 0 spiro atoms. The van der Waals surface area contributed by atoms with Crippen LogP contribution in [0.1, 0.15) is 274 Å². The lowest BCUT2D eigenvalue weighted by molar-refractivity contribution is -0.185. The fraction of sp³-hybridized carbons (Fsp3) is 0.582. The first-order chi connectivity index (χ1) is 50.6. The molecule has 610 valence electrons. The fourth-order valence-electron chi connectivity index (χ4n) is 7.65. The maximum absolute atomic E-state index is 12.3. The van der Waals surface area contributed by atoms with Gasteiger partial charge in [-0.3, -0.25) is 28.8 Å². The normalized spacial score (nSPS) is 13.1. The molecule has 1 heterocycles. The number of aliphatic hydroxyl groups is 1. The number of hydrogen-bond acceptors (Lipinski definition) is 17. The number of ether oxygens (including phenoxy) is 7. The van der Waals surface area contributed by atoms with Gasteiger partial charge < -0.3 is 53.6 Å². The zero-order chi connectivity index (χ0) is 83.4. The molecule has 7 rings (SSSR count). The molecule has 1 saturated heterocycles. The number of aromatic hydroxyl groups is 3. The van der Waals surface area contributed by atoms with Crippen LogP contribution in [0.4, 0.5) is 0 Å². The maximum atomic E-state index is 12.3. The number of epoxide rings is 1. The number of aliphatic hydroxyl groups excluding tert-OH is 1. The number of fused-ring (bicyclic) bond motifs is 2. The molecule has 1 fully saturated rings. The summed E-state index contributed by atoms with van der Waals surface area (Å²) in [7, 11) is 0. The molecule has 108 heavy (non-hydrogen) atoms. The van der Waals surface area contributed by atoms with Gasteiger partial charge in [0, 0.05) is 17.0 Å². The smallest absolute Gasteiger partial charge is 0.313 e. The molecule has 0 bridgehead atoms. The number of carbonyl (C=O) groups excluding carboxylic acids is 6. The summed E-state index contributed by atoms with van der Waals surface area (Å²) >= 11 is 0. The quantitative estimate of drug-likeness (QED) is 0.00934. The van der Waals surface area contributed by atoms with Gasteiger partial charge in [-0.2, -0.15) is 0 Å². The largest absolute Gasteiger partial charge is 0.508 e. The first-order valence-electron chi connectivity index (χ1n) is 39.1. The average Bonchev–Trinajstić information content (AvgIpc) is 0.954. The number of Topliss-reactive ketones (excluding diaryl/α,β-unsaturated/α-hetero) is 1. The van der Waals surface area contributed by atoms with Crippen LogP contribution in [-0.2, 0) is 75.1 Å². The Labute approximate surface area is 651 Å². The summed E-state index contributed by atoms with van der Waals surface area (Å²) in [6.07, 6.45) is 8.47. The summed E-state index contributed by atoms with van der Waals surface area (Å²) in [5.41, 5.74) is 1.67. The fourth-order valence-corrected chi connectivity index (χ4v) is 7.65. The third-order valence-electron chi connectivity index (χ3n) is 18.3. The van der Waals surface area contributed by atoms with Crippen LogP contribution in [-0.4, -0.2) is 101 Å². The highest BCUT2D eigenvalue weighted by molar-refractivity contribution is 6.02. The van der Waals surface area contributed by atoms with Gasteiger partial charge >= 0.3 is 29.8 Å². The predicted octanol–water partition coefficient (Wildman–Crippen LogP) is 22.5. The third-order valence-corrected chi connectivity index (χ3v) is 18.3. The molecule has 17 heteroatoms.